The summed E-state index contributed by atoms with van der Waals surface area (Å²) in [6.07, 6.45) is 1.47. The third-order valence-electron chi connectivity index (χ3n) is 5.28. The lowest BCUT2D eigenvalue weighted by atomic mass is 9.98. The summed E-state index contributed by atoms with van der Waals surface area (Å²) in [6, 6.07) is 17.2. The maximum absolute atomic E-state index is 13.1. The average Bonchev–Trinajstić information content (AvgIpc) is 3.38. The Bertz CT molecular complexity index is 1320. The largest absolute Gasteiger partial charge is 0.479 e. The van der Waals surface area contributed by atoms with Crippen molar-refractivity contribution in [1.29, 1.82) is 0 Å². The molecule has 2 aromatic heterocycles. The molecule has 0 aliphatic carbocycles. The number of ether oxygens (including phenoxy) is 1. The normalized spacial score (nSPS) is 11.0. The number of nitrogens with zero attached hydrogens (tertiary/aromatic N) is 5. The van der Waals surface area contributed by atoms with Gasteiger partial charge in [-0.1, -0.05) is 62.4 Å². The highest BCUT2D eigenvalue weighted by Crippen LogP contribution is 2.29. The second-order valence-electron chi connectivity index (χ2n) is 7.68. The van der Waals surface area contributed by atoms with Gasteiger partial charge in [0.2, 0.25) is 5.88 Å². The van der Waals surface area contributed by atoms with Gasteiger partial charge in [-0.2, -0.15) is 0 Å². The number of hydrogen-bond acceptors (Lipinski definition) is 6. The monoisotopic (exact) mass is 446 g/mol. The molecule has 170 valence electrons. The Hall–Kier alpha value is -4.01. The predicted molar refractivity (Wildman–Crippen MR) is 125 cm³/mol. The molecule has 2 heterocycles. The Morgan fingerprint density at radius 1 is 0.939 bits per heavy atom. The predicted octanol–water partition coefficient (Wildman–Crippen LogP) is 3.10. The fraction of sp³-hybridized carbons (Fsp3) is 0.292. The van der Waals surface area contributed by atoms with Crippen LogP contribution < -0.4 is 16.0 Å². The fourth-order valence-corrected chi connectivity index (χ4v) is 3.68. The van der Waals surface area contributed by atoms with Crippen LogP contribution in [0.25, 0.3) is 22.5 Å². The lowest BCUT2D eigenvalue weighted by Gasteiger charge is -2.16. The van der Waals surface area contributed by atoms with Crippen molar-refractivity contribution in [2.45, 2.75) is 39.8 Å². The number of benzene rings is 2. The summed E-state index contributed by atoms with van der Waals surface area (Å²) in [7, 11) is 0. The van der Waals surface area contributed by atoms with E-state index in [4.69, 9.17) is 4.74 Å². The van der Waals surface area contributed by atoms with Crippen LogP contribution in [0.2, 0.25) is 0 Å². The van der Waals surface area contributed by atoms with Gasteiger partial charge in [0.15, 0.2) is 5.82 Å². The molecular weight excluding hydrogens is 420 g/mol. The van der Waals surface area contributed by atoms with Crippen molar-refractivity contribution in [2.75, 3.05) is 6.61 Å². The quantitative estimate of drug-likeness (QED) is 0.423. The van der Waals surface area contributed by atoms with E-state index in [2.05, 4.69) is 20.6 Å². The first-order valence-corrected chi connectivity index (χ1v) is 11.0. The van der Waals surface area contributed by atoms with Crippen molar-refractivity contribution >= 4 is 0 Å². The Morgan fingerprint density at radius 2 is 1.70 bits per heavy atom. The molecule has 0 spiro atoms. The third kappa shape index (κ3) is 4.77. The summed E-state index contributed by atoms with van der Waals surface area (Å²) >= 11 is 0. The number of rotatable bonds is 9. The molecule has 33 heavy (non-hydrogen) atoms. The lowest BCUT2D eigenvalue weighted by Crippen LogP contribution is -2.40. The number of aromatic nitrogens is 6. The molecule has 9 nitrogen and oxygen atoms in total. The molecule has 9 heteroatoms. The van der Waals surface area contributed by atoms with Gasteiger partial charge in [0, 0.05) is 12.1 Å². The minimum Gasteiger partial charge on any atom is -0.479 e. The van der Waals surface area contributed by atoms with Gasteiger partial charge in [-0.15, -0.1) is 5.10 Å². The van der Waals surface area contributed by atoms with Crippen molar-refractivity contribution in [2.24, 2.45) is 0 Å². The van der Waals surface area contributed by atoms with Gasteiger partial charge in [0.25, 0.3) is 5.56 Å². The maximum atomic E-state index is 13.1. The van der Waals surface area contributed by atoms with Crippen LogP contribution in [0.4, 0.5) is 0 Å². The van der Waals surface area contributed by atoms with E-state index in [-0.39, 0.29) is 11.2 Å². The Morgan fingerprint density at radius 3 is 2.36 bits per heavy atom. The van der Waals surface area contributed by atoms with E-state index >= 15 is 0 Å². The SMILES string of the molecule is CCCOc1cc(=O)n(CCC)c(=O)n1Cc1ccc(-c2ccccc2-c2nnn[nH]2)cc1. The molecule has 2 aromatic carbocycles. The van der Waals surface area contributed by atoms with Crippen molar-refractivity contribution in [3.63, 3.8) is 0 Å². The first-order valence-electron chi connectivity index (χ1n) is 11.0. The number of H-pyrrole nitrogens is 1. The highest BCUT2D eigenvalue weighted by atomic mass is 16.5. The van der Waals surface area contributed by atoms with Gasteiger partial charge in [0.05, 0.1) is 19.2 Å². The number of nitrogens with one attached hydrogen (secondary N) is 1. The zero-order chi connectivity index (χ0) is 23.2. The van der Waals surface area contributed by atoms with Gasteiger partial charge in [-0.05, 0) is 40.0 Å². The summed E-state index contributed by atoms with van der Waals surface area (Å²) in [4.78, 5) is 25.5. The summed E-state index contributed by atoms with van der Waals surface area (Å²) < 4.78 is 8.51. The summed E-state index contributed by atoms with van der Waals surface area (Å²) in [5.41, 5.74) is 3.11. The minimum absolute atomic E-state index is 0.298. The van der Waals surface area contributed by atoms with Crippen LogP contribution >= 0.6 is 0 Å². The van der Waals surface area contributed by atoms with Gasteiger partial charge >= 0.3 is 5.69 Å². The first kappa shape index (κ1) is 22.2. The number of tetrazole rings is 1. The summed E-state index contributed by atoms with van der Waals surface area (Å²) in [5.74, 6) is 0.892. The molecule has 4 aromatic rings. The van der Waals surface area contributed by atoms with E-state index in [0.29, 0.717) is 37.8 Å². The van der Waals surface area contributed by atoms with Crippen molar-refractivity contribution in [3.8, 4) is 28.4 Å². The third-order valence-corrected chi connectivity index (χ3v) is 5.28. The number of aromatic amines is 1. The van der Waals surface area contributed by atoms with Crippen LogP contribution in [-0.4, -0.2) is 36.4 Å². The molecule has 0 bridgehead atoms. The zero-order valence-corrected chi connectivity index (χ0v) is 18.7. The van der Waals surface area contributed by atoms with Crippen LogP contribution in [-0.2, 0) is 13.1 Å². The second kappa shape index (κ2) is 10.1. The van der Waals surface area contributed by atoms with Crippen LogP contribution in [0.1, 0.15) is 32.3 Å². The molecule has 0 unspecified atom stereocenters. The molecule has 0 atom stereocenters. The Balaban J connectivity index is 1.67. The molecule has 0 saturated carbocycles. The van der Waals surface area contributed by atoms with Crippen LogP contribution in [0.5, 0.6) is 5.88 Å². The van der Waals surface area contributed by atoms with Gasteiger partial charge in [0.1, 0.15) is 0 Å². The summed E-state index contributed by atoms with van der Waals surface area (Å²) in [5, 5.41) is 14.2. The Kier molecular flexibility index (Phi) is 6.77. The van der Waals surface area contributed by atoms with E-state index in [9.17, 15) is 9.59 Å². The van der Waals surface area contributed by atoms with Crippen molar-refractivity contribution < 1.29 is 4.74 Å². The molecule has 0 aliphatic rings. The van der Waals surface area contributed by atoms with Crippen molar-refractivity contribution in [3.05, 3.63) is 81.0 Å². The number of hydrogen-bond donors (Lipinski definition) is 1. The molecule has 0 amide bonds. The van der Waals surface area contributed by atoms with E-state index in [0.717, 1.165) is 28.7 Å². The topological polar surface area (TPSA) is 108 Å². The molecule has 0 fully saturated rings. The second-order valence-corrected chi connectivity index (χ2v) is 7.68. The zero-order valence-electron chi connectivity index (χ0n) is 18.7. The molecular formula is C24H26N6O3. The fourth-order valence-electron chi connectivity index (χ4n) is 3.68. The standard InChI is InChI=1S/C24H26N6O3/c1-3-13-29-21(31)15-22(33-14-4-2)30(24(29)32)16-17-9-11-18(12-10-17)19-7-5-6-8-20(19)23-25-27-28-26-23/h5-12,15H,3-4,13-14,16H2,1-2H3,(H,25,26,27,28). The van der Waals surface area contributed by atoms with Crippen molar-refractivity contribution in [1.82, 2.24) is 29.8 Å². The highest BCUT2D eigenvalue weighted by molar-refractivity contribution is 5.80. The van der Waals surface area contributed by atoms with Gasteiger partial charge in [-0.25, -0.2) is 9.89 Å². The maximum Gasteiger partial charge on any atom is 0.334 e. The average molecular weight is 447 g/mol. The first-order chi connectivity index (χ1) is 16.1. The highest BCUT2D eigenvalue weighted by Gasteiger charge is 2.14. The smallest absolute Gasteiger partial charge is 0.334 e. The van der Waals surface area contributed by atoms with E-state index < -0.39 is 0 Å². The lowest BCUT2D eigenvalue weighted by molar-refractivity contribution is 0.282. The Labute approximate surface area is 190 Å². The molecule has 0 radical (unpaired) electrons. The summed E-state index contributed by atoms with van der Waals surface area (Å²) in [6.45, 7) is 5.02. The molecule has 0 aliphatic heterocycles. The minimum atomic E-state index is -0.359. The van der Waals surface area contributed by atoms with Gasteiger partial charge in [-0.3, -0.25) is 13.9 Å². The van der Waals surface area contributed by atoms with E-state index in [1.54, 1.807) is 0 Å². The molecule has 1 N–H and O–H groups in total. The van der Waals surface area contributed by atoms with E-state index in [1.165, 1.54) is 15.2 Å². The molecule has 4 rings (SSSR count). The van der Waals surface area contributed by atoms with Gasteiger partial charge < -0.3 is 4.74 Å². The van der Waals surface area contributed by atoms with Crippen LogP contribution in [0.15, 0.2) is 64.2 Å². The molecule has 0 saturated heterocycles. The van der Waals surface area contributed by atoms with Crippen LogP contribution in [0, 0.1) is 0 Å². The van der Waals surface area contributed by atoms with Crippen LogP contribution in [0.3, 0.4) is 0 Å². The van der Waals surface area contributed by atoms with E-state index in [1.807, 2.05) is 62.4 Å².